The Hall–Kier alpha value is -4.40. The molecular formula is C39H30BrN. The van der Waals surface area contributed by atoms with Gasteiger partial charge in [0.05, 0.1) is 0 Å². The van der Waals surface area contributed by atoms with Crippen LogP contribution < -0.4 is 4.90 Å². The zero-order chi connectivity index (χ0) is 28.0. The van der Waals surface area contributed by atoms with Crippen LogP contribution in [0.1, 0.15) is 25.0 Å². The summed E-state index contributed by atoms with van der Waals surface area (Å²) in [6.45, 7) is 4.68. The molecule has 41 heavy (non-hydrogen) atoms. The summed E-state index contributed by atoms with van der Waals surface area (Å²) in [6.07, 6.45) is 0. The number of hydrogen-bond acceptors (Lipinski definition) is 1. The van der Waals surface area contributed by atoms with Crippen LogP contribution in [-0.4, -0.2) is 0 Å². The molecular weight excluding hydrogens is 562 g/mol. The Bertz CT molecular complexity index is 1830. The average molecular weight is 593 g/mol. The number of nitrogens with zero attached hydrogens (tertiary/aromatic N) is 1. The van der Waals surface area contributed by atoms with Crippen LogP contribution in [0.5, 0.6) is 0 Å². The summed E-state index contributed by atoms with van der Waals surface area (Å²) in [5.74, 6) is 0. The fraction of sp³-hybridized carbons (Fsp3) is 0.0769. The van der Waals surface area contributed by atoms with Gasteiger partial charge < -0.3 is 4.90 Å². The van der Waals surface area contributed by atoms with Gasteiger partial charge in [-0.2, -0.15) is 0 Å². The summed E-state index contributed by atoms with van der Waals surface area (Å²) >= 11 is 3.55. The van der Waals surface area contributed by atoms with Crippen molar-refractivity contribution in [2.45, 2.75) is 19.3 Å². The number of hydrogen-bond donors (Lipinski definition) is 0. The van der Waals surface area contributed by atoms with E-state index < -0.39 is 0 Å². The Balaban J connectivity index is 1.33. The zero-order valence-electron chi connectivity index (χ0n) is 23.2. The van der Waals surface area contributed by atoms with Crippen molar-refractivity contribution in [2.75, 3.05) is 4.90 Å². The predicted octanol–water partition coefficient (Wildman–Crippen LogP) is 11.6. The van der Waals surface area contributed by atoms with E-state index in [0.29, 0.717) is 0 Å². The van der Waals surface area contributed by atoms with Crippen molar-refractivity contribution in [1.29, 1.82) is 0 Å². The van der Waals surface area contributed by atoms with Crippen molar-refractivity contribution < 1.29 is 0 Å². The molecule has 1 aliphatic carbocycles. The fourth-order valence-electron chi connectivity index (χ4n) is 6.16. The standard InChI is InChI=1S/C39H30BrN/c1-39(2)37-11-7-6-10-35(37)36-25-24-34(26-38(36)39)41(32-20-14-29(15-21-32)27-8-4-3-5-9-27)33-22-16-30(17-23-33)28-12-18-31(40)19-13-28/h3-26H,1-2H3. The second kappa shape index (κ2) is 10.2. The van der Waals surface area contributed by atoms with Gasteiger partial charge in [0.1, 0.15) is 0 Å². The normalized spacial score (nSPS) is 13.0. The van der Waals surface area contributed by atoms with Gasteiger partial charge in [0, 0.05) is 26.9 Å². The van der Waals surface area contributed by atoms with Crippen LogP contribution in [0.4, 0.5) is 17.1 Å². The maximum Gasteiger partial charge on any atom is 0.0465 e. The first kappa shape index (κ1) is 25.6. The van der Waals surface area contributed by atoms with E-state index >= 15 is 0 Å². The minimum Gasteiger partial charge on any atom is -0.310 e. The van der Waals surface area contributed by atoms with Gasteiger partial charge in [-0.1, -0.05) is 127 Å². The molecule has 1 aliphatic rings. The number of benzene rings is 6. The summed E-state index contributed by atoms with van der Waals surface area (Å²) in [6, 6.07) is 52.7. The monoisotopic (exact) mass is 591 g/mol. The summed E-state index contributed by atoms with van der Waals surface area (Å²) in [5.41, 5.74) is 13.6. The van der Waals surface area contributed by atoms with Crippen LogP contribution in [0.2, 0.25) is 0 Å². The first-order valence-corrected chi connectivity index (χ1v) is 14.8. The highest BCUT2D eigenvalue weighted by Crippen LogP contribution is 2.50. The van der Waals surface area contributed by atoms with Crippen LogP contribution in [-0.2, 0) is 5.41 Å². The Kier molecular flexibility index (Phi) is 6.37. The van der Waals surface area contributed by atoms with Gasteiger partial charge in [0.25, 0.3) is 0 Å². The molecule has 0 amide bonds. The van der Waals surface area contributed by atoms with Gasteiger partial charge in [-0.3, -0.25) is 0 Å². The summed E-state index contributed by atoms with van der Waals surface area (Å²) in [4.78, 5) is 2.37. The van der Waals surface area contributed by atoms with Gasteiger partial charge in [-0.05, 0) is 93.0 Å². The molecule has 0 unspecified atom stereocenters. The minimum atomic E-state index is -0.0593. The van der Waals surface area contributed by atoms with E-state index in [1.54, 1.807) is 0 Å². The molecule has 0 N–H and O–H groups in total. The van der Waals surface area contributed by atoms with Gasteiger partial charge in [0.2, 0.25) is 0 Å². The molecule has 1 nitrogen and oxygen atoms in total. The molecule has 6 aromatic carbocycles. The topological polar surface area (TPSA) is 3.24 Å². The molecule has 198 valence electrons. The SMILES string of the molecule is CC1(C)c2ccccc2-c2ccc(N(c3ccc(-c4ccccc4)cc3)c3ccc(-c4ccc(Br)cc4)cc3)cc21. The van der Waals surface area contributed by atoms with Gasteiger partial charge in [-0.15, -0.1) is 0 Å². The van der Waals surface area contributed by atoms with E-state index in [1.807, 2.05) is 0 Å². The molecule has 0 radical (unpaired) electrons. The highest BCUT2D eigenvalue weighted by atomic mass is 79.9. The first-order chi connectivity index (χ1) is 20.0. The third-order valence-corrected chi connectivity index (χ3v) is 8.89. The van der Waals surface area contributed by atoms with Crippen molar-refractivity contribution in [3.8, 4) is 33.4 Å². The molecule has 0 saturated heterocycles. The summed E-state index contributed by atoms with van der Waals surface area (Å²) in [5, 5.41) is 0. The Morgan fingerprint density at radius 2 is 0.902 bits per heavy atom. The molecule has 6 aromatic rings. The third kappa shape index (κ3) is 4.59. The van der Waals surface area contributed by atoms with Gasteiger partial charge in [0.15, 0.2) is 0 Å². The van der Waals surface area contributed by atoms with Gasteiger partial charge in [-0.25, -0.2) is 0 Å². The highest BCUT2D eigenvalue weighted by molar-refractivity contribution is 9.10. The first-order valence-electron chi connectivity index (χ1n) is 14.0. The predicted molar refractivity (Wildman–Crippen MR) is 177 cm³/mol. The van der Waals surface area contributed by atoms with E-state index in [2.05, 4.69) is 180 Å². The fourth-order valence-corrected chi connectivity index (χ4v) is 6.42. The summed E-state index contributed by atoms with van der Waals surface area (Å²) in [7, 11) is 0. The highest BCUT2D eigenvalue weighted by Gasteiger charge is 2.35. The molecule has 0 saturated carbocycles. The smallest absolute Gasteiger partial charge is 0.0465 e. The molecule has 0 atom stereocenters. The van der Waals surface area contributed by atoms with Crippen molar-refractivity contribution in [1.82, 2.24) is 0 Å². The molecule has 0 heterocycles. The molecule has 7 rings (SSSR count). The summed E-state index contributed by atoms with van der Waals surface area (Å²) < 4.78 is 1.09. The van der Waals surface area contributed by atoms with Crippen LogP contribution in [0, 0.1) is 0 Å². The zero-order valence-corrected chi connectivity index (χ0v) is 24.8. The molecule has 2 heteroatoms. The Morgan fingerprint density at radius 1 is 0.439 bits per heavy atom. The van der Waals surface area contributed by atoms with Crippen LogP contribution in [0.3, 0.4) is 0 Å². The third-order valence-electron chi connectivity index (χ3n) is 8.36. The Labute approximate surface area is 250 Å². The largest absolute Gasteiger partial charge is 0.310 e. The number of fused-ring (bicyclic) bond motifs is 3. The molecule has 0 fully saturated rings. The van der Waals surface area contributed by atoms with E-state index in [4.69, 9.17) is 0 Å². The number of halogens is 1. The second-order valence-corrected chi connectivity index (χ2v) is 12.1. The van der Waals surface area contributed by atoms with E-state index in [1.165, 1.54) is 44.5 Å². The van der Waals surface area contributed by atoms with Crippen LogP contribution in [0.15, 0.2) is 150 Å². The van der Waals surface area contributed by atoms with E-state index in [-0.39, 0.29) is 5.41 Å². The minimum absolute atomic E-state index is 0.0593. The van der Waals surface area contributed by atoms with Crippen LogP contribution >= 0.6 is 15.9 Å². The molecule has 0 bridgehead atoms. The van der Waals surface area contributed by atoms with Crippen LogP contribution in [0.25, 0.3) is 33.4 Å². The molecule has 0 aromatic heterocycles. The molecule has 0 aliphatic heterocycles. The lowest BCUT2D eigenvalue weighted by Gasteiger charge is -2.28. The van der Waals surface area contributed by atoms with Crippen molar-refractivity contribution in [3.05, 3.63) is 161 Å². The quantitative estimate of drug-likeness (QED) is 0.193. The van der Waals surface area contributed by atoms with E-state index in [0.717, 1.165) is 21.5 Å². The number of anilines is 3. The second-order valence-electron chi connectivity index (χ2n) is 11.2. The maximum atomic E-state index is 3.55. The lowest BCUT2D eigenvalue weighted by molar-refractivity contribution is 0.660. The lowest BCUT2D eigenvalue weighted by atomic mass is 9.82. The van der Waals surface area contributed by atoms with Gasteiger partial charge >= 0.3 is 0 Å². The van der Waals surface area contributed by atoms with E-state index in [9.17, 15) is 0 Å². The Morgan fingerprint density at radius 3 is 1.51 bits per heavy atom. The number of rotatable bonds is 5. The van der Waals surface area contributed by atoms with Crippen molar-refractivity contribution >= 4 is 33.0 Å². The van der Waals surface area contributed by atoms with Crippen molar-refractivity contribution in [3.63, 3.8) is 0 Å². The maximum absolute atomic E-state index is 3.55. The molecule has 0 spiro atoms. The average Bonchev–Trinajstić information content (AvgIpc) is 3.25. The lowest BCUT2D eigenvalue weighted by Crippen LogP contribution is -2.16. The van der Waals surface area contributed by atoms with Crippen molar-refractivity contribution in [2.24, 2.45) is 0 Å².